The van der Waals surface area contributed by atoms with Crippen LogP contribution in [0.25, 0.3) is 0 Å². The quantitative estimate of drug-likeness (QED) is 0.671. The van der Waals surface area contributed by atoms with Crippen LogP contribution in [-0.2, 0) is 0 Å². The average Bonchev–Trinajstić information content (AvgIpc) is 2.71. The number of nitrogens with one attached hydrogen (secondary N) is 2. The van der Waals surface area contributed by atoms with Crippen LogP contribution in [0.2, 0.25) is 0 Å². The molecule has 1 heterocycles. The minimum Gasteiger partial charge on any atom is -0.497 e. The van der Waals surface area contributed by atoms with E-state index in [1.54, 1.807) is 30.3 Å². The van der Waals surface area contributed by atoms with Gasteiger partial charge in [0.15, 0.2) is 11.6 Å². The standard InChI is InChI=1S/C21H22N4O3/c1-13-6-5-7-14(2)20(13)22-18-8-9-19(25-24-18)23-21(26)15-10-16(27-3)12-17(11-15)28-4/h5-12H,1-4H3,(H,22,24)(H,23,25,26). The summed E-state index contributed by atoms with van der Waals surface area (Å²) in [5, 5.41) is 14.2. The lowest BCUT2D eigenvalue weighted by molar-refractivity contribution is 0.102. The average molecular weight is 378 g/mol. The van der Waals surface area contributed by atoms with Crippen LogP contribution in [0, 0.1) is 13.8 Å². The number of carbonyl (C=O) groups excluding carboxylic acids is 1. The molecule has 0 saturated heterocycles. The molecule has 0 saturated carbocycles. The molecule has 0 unspecified atom stereocenters. The number of para-hydroxylation sites is 1. The van der Waals surface area contributed by atoms with Gasteiger partial charge in [-0.2, -0.15) is 0 Å². The number of anilines is 3. The first kappa shape index (κ1) is 19.2. The second-order valence-corrected chi connectivity index (χ2v) is 6.25. The molecule has 7 nitrogen and oxygen atoms in total. The second kappa shape index (κ2) is 8.39. The number of aromatic nitrogens is 2. The molecule has 2 aromatic carbocycles. The smallest absolute Gasteiger partial charge is 0.257 e. The Kier molecular flexibility index (Phi) is 5.74. The molecule has 0 aliphatic heterocycles. The molecule has 28 heavy (non-hydrogen) atoms. The maximum absolute atomic E-state index is 12.5. The molecule has 0 aliphatic rings. The Morgan fingerprint density at radius 3 is 1.96 bits per heavy atom. The fourth-order valence-corrected chi connectivity index (χ4v) is 2.73. The summed E-state index contributed by atoms with van der Waals surface area (Å²) < 4.78 is 10.4. The number of benzene rings is 2. The van der Waals surface area contributed by atoms with Gasteiger partial charge in [-0.15, -0.1) is 10.2 Å². The minimum atomic E-state index is -0.332. The number of carbonyl (C=O) groups is 1. The van der Waals surface area contributed by atoms with Gasteiger partial charge < -0.3 is 20.1 Å². The van der Waals surface area contributed by atoms with Crippen LogP contribution < -0.4 is 20.1 Å². The van der Waals surface area contributed by atoms with Crippen LogP contribution in [0.15, 0.2) is 48.5 Å². The number of amides is 1. The Labute approximate surface area is 163 Å². The van der Waals surface area contributed by atoms with E-state index in [-0.39, 0.29) is 5.91 Å². The molecular weight excluding hydrogens is 356 g/mol. The van der Waals surface area contributed by atoms with Crippen LogP contribution >= 0.6 is 0 Å². The van der Waals surface area contributed by atoms with Crippen molar-refractivity contribution in [1.82, 2.24) is 10.2 Å². The van der Waals surface area contributed by atoms with Crippen molar-refractivity contribution in [2.45, 2.75) is 13.8 Å². The van der Waals surface area contributed by atoms with Crippen LogP contribution in [0.4, 0.5) is 17.3 Å². The molecule has 7 heteroatoms. The molecule has 0 bridgehead atoms. The van der Waals surface area contributed by atoms with Crippen molar-refractivity contribution in [3.8, 4) is 11.5 Å². The Balaban J connectivity index is 1.73. The third-order valence-corrected chi connectivity index (χ3v) is 4.25. The molecule has 3 aromatic rings. The lowest BCUT2D eigenvalue weighted by atomic mass is 10.1. The van der Waals surface area contributed by atoms with Crippen molar-refractivity contribution < 1.29 is 14.3 Å². The van der Waals surface area contributed by atoms with Gasteiger partial charge in [0.05, 0.1) is 14.2 Å². The summed E-state index contributed by atoms with van der Waals surface area (Å²) in [5.41, 5.74) is 3.63. The predicted molar refractivity (Wildman–Crippen MR) is 109 cm³/mol. The normalized spacial score (nSPS) is 10.3. The van der Waals surface area contributed by atoms with Crippen molar-refractivity contribution in [3.63, 3.8) is 0 Å². The summed E-state index contributed by atoms with van der Waals surface area (Å²) >= 11 is 0. The molecule has 144 valence electrons. The molecule has 2 N–H and O–H groups in total. The van der Waals surface area contributed by atoms with Crippen LogP contribution in [0.3, 0.4) is 0 Å². The first-order valence-electron chi connectivity index (χ1n) is 8.71. The van der Waals surface area contributed by atoms with Crippen LogP contribution in [0.1, 0.15) is 21.5 Å². The predicted octanol–water partition coefficient (Wildman–Crippen LogP) is 4.11. The lowest BCUT2D eigenvalue weighted by Gasteiger charge is -2.12. The van der Waals surface area contributed by atoms with Gasteiger partial charge in [-0.1, -0.05) is 18.2 Å². The van der Waals surface area contributed by atoms with Crippen molar-refractivity contribution in [3.05, 3.63) is 65.2 Å². The molecule has 1 amide bonds. The highest BCUT2D eigenvalue weighted by atomic mass is 16.5. The highest BCUT2D eigenvalue weighted by molar-refractivity contribution is 6.04. The number of hydrogen-bond donors (Lipinski definition) is 2. The molecule has 0 spiro atoms. The third kappa shape index (κ3) is 4.37. The molecule has 0 fully saturated rings. The van der Waals surface area contributed by atoms with Gasteiger partial charge in [-0.05, 0) is 49.2 Å². The first-order chi connectivity index (χ1) is 13.5. The Hall–Kier alpha value is -3.61. The zero-order valence-corrected chi connectivity index (χ0v) is 16.2. The van der Waals surface area contributed by atoms with Gasteiger partial charge in [-0.25, -0.2) is 0 Å². The molecule has 1 aromatic heterocycles. The highest BCUT2D eigenvalue weighted by Gasteiger charge is 2.11. The van der Waals surface area contributed by atoms with Gasteiger partial charge in [0, 0.05) is 17.3 Å². The zero-order valence-electron chi connectivity index (χ0n) is 16.2. The topological polar surface area (TPSA) is 85.4 Å². The molecule has 3 rings (SSSR count). The second-order valence-electron chi connectivity index (χ2n) is 6.25. The largest absolute Gasteiger partial charge is 0.497 e. The van der Waals surface area contributed by atoms with Crippen molar-refractivity contribution in [1.29, 1.82) is 0 Å². The van der Waals surface area contributed by atoms with Gasteiger partial charge in [0.1, 0.15) is 11.5 Å². The number of methoxy groups -OCH3 is 2. The minimum absolute atomic E-state index is 0.332. The number of aryl methyl sites for hydroxylation is 2. The van der Waals surface area contributed by atoms with Crippen LogP contribution in [0.5, 0.6) is 11.5 Å². The van der Waals surface area contributed by atoms with E-state index in [2.05, 4.69) is 20.8 Å². The van der Waals surface area contributed by atoms with E-state index in [1.807, 2.05) is 32.0 Å². The van der Waals surface area contributed by atoms with Crippen LogP contribution in [-0.4, -0.2) is 30.3 Å². The van der Waals surface area contributed by atoms with Gasteiger partial charge in [0.2, 0.25) is 0 Å². The molecule has 0 aliphatic carbocycles. The summed E-state index contributed by atoms with van der Waals surface area (Å²) in [5.74, 6) is 1.67. The van der Waals surface area contributed by atoms with E-state index in [0.717, 1.165) is 16.8 Å². The van der Waals surface area contributed by atoms with E-state index in [1.165, 1.54) is 14.2 Å². The van der Waals surface area contributed by atoms with Gasteiger partial charge >= 0.3 is 0 Å². The SMILES string of the molecule is COc1cc(OC)cc(C(=O)Nc2ccc(Nc3c(C)cccc3C)nn2)c1. The lowest BCUT2D eigenvalue weighted by Crippen LogP contribution is -2.14. The maximum Gasteiger partial charge on any atom is 0.257 e. The van der Waals surface area contributed by atoms with Crippen molar-refractivity contribution in [2.24, 2.45) is 0 Å². The Bertz CT molecular complexity index is 945. The van der Waals surface area contributed by atoms with E-state index in [0.29, 0.717) is 28.7 Å². The monoisotopic (exact) mass is 378 g/mol. The maximum atomic E-state index is 12.5. The molecular formula is C21H22N4O3. The van der Waals surface area contributed by atoms with Gasteiger partial charge in [-0.3, -0.25) is 4.79 Å². The summed E-state index contributed by atoms with van der Waals surface area (Å²) in [6.07, 6.45) is 0. The fourth-order valence-electron chi connectivity index (χ4n) is 2.73. The number of ether oxygens (including phenoxy) is 2. The fraction of sp³-hybridized carbons (Fsp3) is 0.190. The zero-order chi connectivity index (χ0) is 20.1. The van der Waals surface area contributed by atoms with E-state index >= 15 is 0 Å². The summed E-state index contributed by atoms with van der Waals surface area (Å²) in [7, 11) is 3.06. The van der Waals surface area contributed by atoms with E-state index in [4.69, 9.17) is 9.47 Å². The molecule has 0 radical (unpaired) electrons. The van der Waals surface area contributed by atoms with Crippen molar-refractivity contribution >= 4 is 23.2 Å². The highest BCUT2D eigenvalue weighted by Crippen LogP contribution is 2.24. The molecule has 0 atom stereocenters. The Morgan fingerprint density at radius 2 is 1.43 bits per heavy atom. The summed E-state index contributed by atoms with van der Waals surface area (Å²) in [4.78, 5) is 12.5. The van der Waals surface area contributed by atoms with Crippen molar-refractivity contribution in [2.75, 3.05) is 24.9 Å². The summed E-state index contributed by atoms with van der Waals surface area (Å²) in [6.45, 7) is 4.06. The third-order valence-electron chi connectivity index (χ3n) is 4.25. The summed E-state index contributed by atoms with van der Waals surface area (Å²) in [6, 6.07) is 14.5. The first-order valence-corrected chi connectivity index (χ1v) is 8.71. The number of rotatable bonds is 6. The van der Waals surface area contributed by atoms with E-state index in [9.17, 15) is 4.79 Å². The number of hydrogen-bond acceptors (Lipinski definition) is 6. The van der Waals surface area contributed by atoms with E-state index < -0.39 is 0 Å². The van der Waals surface area contributed by atoms with Gasteiger partial charge in [0.25, 0.3) is 5.91 Å². The number of nitrogens with zero attached hydrogens (tertiary/aromatic N) is 2. The Morgan fingerprint density at radius 1 is 0.857 bits per heavy atom.